The van der Waals surface area contributed by atoms with E-state index in [1.807, 2.05) is 0 Å². The van der Waals surface area contributed by atoms with Crippen molar-refractivity contribution in [3.8, 4) is 11.1 Å². The molecule has 0 amide bonds. The van der Waals surface area contributed by atoms with Gasteiger partial charge in [0.1, 0.15) is 12.1 Å². The predicted octanol–water partition coefficient (Wildman–Crippen LogP) is 4.64. The summed E-state index contributed by atoms with van der Waals surface area (Å²) in [4.78, 5) is 10.8. The zero-order chi connectivity index (χ0) is 18.1. The van der Waals surface area contributed by atoms with Crippen molar-refractivity contribution in [3.05, 3.63) is 58.9 Å². The Morgan fingerprint density at radius 2 is 1.71 bits per heavy atom. The van der Waals surface area contributed by atoms with E-state index in [0.29, 0.717) is 30.8 Å². The first-order valence-corrected chi connectivity index (χ1v) is 7.29. The summed E-state index contributed by atoms with van der Waals surface area (Å²) < 4.78 is 52.9. The van der Waals surface area contributed by atoms with Gasteiger partial charge in [0, 0.05) is 11.1 Å². The number of hydrogen-bond acceptors (Lipinski definition) is 2. The third kappa shape index (κ3) is 3.19. The van der Waals surface area contributed by atoms with Crippen LogP contribution in [-0.2, 0) is 12.0 Å². The van der Waals surface area contributed by atoms with Crippen LogP contribution in [0.4, 0.5) is 17.6 Å². The van der Waals surface area contributed by atoms with Crippen LogP contribution in [0.15, 0.2) is 36.4 Å². The molecule has 0 aromatic heterocycles. The predicted molar refractivity (Wildman–Crippen MR) is 82.2 cm³/mol. The molecule has 6 heteroatoms. The highest BCUT2D eigenvalue weighted by molar-refractivity contribution is 5.79. The monoisotopic (exact) mass is 340 g/mol. The zero-order valence-corrected chi connectivity index (χ0v) is 13.1. The minimum Gasteiger partial charge on any atom is -0.376 e. The normalized spacial score (nSPS) is 14.3. The molecule has 128 valence electrons. The standard InChI is InChI=1S/C18H16F4O2/c1-3-12-8-11(10-23)9-15(19)16(12)13-4-6-14(7-5-13)17(2,24)18(20,21)22/h4-10,24H,3H2,1-2H3. The number of aryl methyl sites for hydroxylation is 1. The Hall–Kier alpha value is -2.21. The molecule has 2 rings (SSSR count). The van der Waals surface area contributed by atoms with Crippen LogP contribution >= 0.6 is 0 Å². The molecule has 0 aliphatic heterocycles. The topological polar surface area (TPSA) is 37.3 Å². The van der Waals surface area contributed by atoms with Crippen molar-refractivity contribution < 1.29 is 27.5 Å². The molecule has 1 N–H and O–H groups in total. The highest BCUT2D eigenvalue weighted by Crippen LogP contribution is 2.39. The lowest BCUT2D eigenvalue weighted by molar-refractivity contribution is -0.258. The number of hydrogen-bond donors (Lipinski definition) is 1. The van der Waals surface area contributed by atoms with Crippen molar-refractivity contribution in [1.29, 1.82) is 0 Å². The Labute approximate surface area is 136 Å². The SMILES string of the molecule is CCc1cc(C=O)cc(F)c1-c1ccc(C(C)(O)C(F)(F)F)cc1. The summed E-state index contributed by atoms with van der Waals surface area (Å²) in [7, 11) is 0. The van der Waals surface area contributed by atoms with Gasteiger partial charge in [-0.05, 0) is 42.2 Å². The van der Waals surface area contributed by atoms with E-state index in [4.69, 9.17) is 0 Å². The number of aldehydes is 1. The number of carbonyl (C=O) groups excluding carboxylic acids is 1. The number of halogens is 4. The maximum Gasteiger partial charge on any atom is 0.421 e. The molecule has 2 nitrogen and oxygen atoms in total. The molecule has 0 aliphatic carbocycles. The van der Waals surface area contributed by atoms with Crippen molar-refractivity contribution in [3.63, 3.8) is 0 Å². The molecule has 1 unspecified atom stereocenters. The van der Waals surface area contributed by atoms with Crippen LogP contribution in [0.25, 0.3) is 11.1 Å². The summed E-state index contributed by atoms with van der Waals surface area (Å²) in [5.41, 5.74) is -1.93. The van der Waals surface area contributed by atoms with Gasteiger partial charge in [-0.25, -0.2) is 4.39 Å². The van der Waals surface area contributed by atoms with E-state index >= 15 is 0 Å². The van der Waals surface area contributed by atoms with Crippen LogP contribution in [0.2, 0.25) is 0 Å². The maximum atomic E-state index is 14.3. The first-order valence-electron chi connectivity index (χ1n) is 7.29. The van der Waals surface area contributed by atoms with Gasteiger partial charge >= 0.3 is 6.18 Å². The van der Waals surface area contributed by atoms with Crippen LogP contribution in [0.1, 0.15) is 35.3 Å². The fourth-order valence-electron chi connectivity index (χ4n) is 2.48. The van der Waals surface area contributed by atoms with E-state index in [1.165, 1.54) is 12.1 Å². The van der Waals surface area contributed by atoms with Crippen LogP contribution in [-0.4, -0.2) is 17.6 Å². The first kappa shape index (κ1) is 18.1. The fourth-order valence-corrected chi connectivity index (χ4v) is 2.48. The van der Waals surface area contributed by atoms with Crippen LogP contribution in [0, 0.1) is 5.82 Å². The van der Waals surface area contributed by atoms with E-state index in [1.54, 1.807) is 13.0 Å². The second kappa shape index (κ2) is 6.36. The van der Waals surface area contributed by atoms with E-state index < -0.39 is 17.6 Å². The smallest absolute Gasteiger partial charge is 0.376 e. The molecule has 2 aromatic carbocycles. The Morgan fingerprint density at radius 3 is 2.17 bits per heavy atom. The van der Waals surface area contributed by atoms with E-state index in [0.717, 1.165) is 18.2 Å². The van der Waals surface area contributed by atoms with Crippen LogP contribution < -0.4 is 0 Å². The molecule has 24 heavy (non-hydrogen) atoms. The van der Waals surface area contributed by atoms with Crippen LogP contribution in [0.3, 0.4) is 0 Å². The molecule has 0 saturated heterocycles. The van der Waals surface area contributed by atoms with Gasteiger partial charge in [0.05, 0.1) is 0 Å². The highest BCUT2D eigenvalue weighted by atomic mass is 19.4. The van der Waals surface area contributed by atoms with Crippen molar-refractivity contribution in [2.45, 2.75) is 32.0 Å². The Bertz CT molecular complexity index is 747. The number of carbonyl (C=O) groups is 1. The molecule has 0 aliphatic rings. The quantitative estimate of drug-likeness (QED) is 0.650. The third-order valence-corrected chi connectivity index (χ3v) is 4.00. The minimum absolute atomic E-state index is 0.199. The van der Waals surface area contributed by atoms with Crippen LogP contribution in [0.5, 0.6) is 0 Å². The van der Waals surface area contributed by atoms with Gasteiger partial charge in [0.2, 0.25) is 0 Å². The van der Waals surface area contributed by atoms with Crippen molar-refractivity contribution >= 4 is 6.29 Å². The second-order valence-corrected chi connectivity index (χ2v) is 5.66. The van der Waals surface area contributed by atoms with Gasteiger partial charge in [-0.3, -0.25) is 4.79 Å². The Morgan fingerprint density at radius 1 is 1.12 bits per heavy atom. The maximum absolute atomic E-state index is 14.3. The van der Waals surface area contributed by atoms with Gasteiger partial charge < -0.3 is 5.11 Å². The second-order valence-electron chi connectivity index (χ2n) is 5.66. The summed E-state index contributed by atoms with van der Waals surface area (Å²) >= 11 is 0. The summed E-state index contributed by atoms with van der Waals surface area (Å²) in [5, 5.41) is 9.67. The van der Waals surface area contributed by atoms with Gasteiger partial charge in [-0.15, -0.1) is 0 Å². The number of aliphatic hydroxyl groups is 1. The molecule has 2 aromatic rings. The molecule has 1 atom stereocenters. The lowest BCUT2D eigenvalue weighted by Gasteiger charge is -2.26. The fraction of sp³-hybridized carbons (Fsp3) is 0.278. The van der Waals surface area contributed by atoms with Gasteiger partial charge in [-0.2, -0.15) is 13.2 Å². The number of alkyl halides is 3. The molecule has 0 saturated carbocycles. The molecule has 0 bridgehead atoms. The summed E-state index contributed by atoms with van der Waals surface area (Å²) in [6.07, 6.45) is -3.83. The average molecular weight is 340 g/mol. The molecule has 0 spiro atoms. The molecular weight excluding hydrogens is 324 g/mol. The third-order valence-electron chi connectivity index (χ3n) is 4.00. The number of benzene rings is 2. The van der Waals surface area contributed by atoms with Crippen molar-refractivity contribution in [1.82, 2.24) is 0 Å². The largest absolute Gasteiger partial charge is 0.421 e. The van der Waals surface area contributed by atoms with Gasteiger partial charge in [-0.1, -0.05) is 31.2 Å². The average Bonchev–Trinajstić information content (AvgIpc) is 2.53. The molecule has 0 radical (unpaired) electrons. The summed E-state index contributed by atoms with van der Waals surface area (Å²) in [6.45, 7) is 2.45. The molecule has 0 fully saturated rings. The van der Waals surface area contributed by atoms with Crippen molar-refractivity contribution in [2.24, 2.45) is 0 Å². The Balaban J connectivity index is 2.51. The zero-order valence-electron chi connectivity index (χ0n) is 13.1. The molecular formula is C18H16F4O2. The van der Waals surface area contributed by atoms with E-state index in [-0.39, 0.29) is 16.7 Å². The van der Waals surface area contributed by atoms with Gasteiger partial charge in [0.25, 0.3) is 0 Å². The van der Waals surface area contributed by atoms with E-state index in [9.17, 15) is 27.5 Å². The minimum atomic E-state index is -4.82. The first-order chi connectivity index (χ1) is 11.1. The van der Waals surface area contributed by atoms with Crippen molar-refractivity contribution in [2.75, 3.05) is 0 Å². The highest BCUT2D eigenvalue weighted by Gasteiger charge is 2.51. The lowest BCUT2D eigenvalue weighted by Crippen LogP contribution is -2.39. The Kier molecular flexibility index (Phi) is 4.80. The van der Waals surface area contributed by atoms with E-state index in [2.05, 4.69) is 0 Å². The summed E-state index contributed by atoms with van der Waals surface area (Å²) in [5.74, 6) is -0.619. The van der Waals surface area contributed by atoms with Gasteiger partial charge in [0.15, 0.2) is 5.60 Å². The summed E-state index contributed by atoms with van der Waals surface area (Å²) in [6, 6.07) is 7.53. The molecule has 0 heterocycles. The number of rotatable bonds is 4. The lowest BCUT2D eigenvalue weighted by atomic mass is 9.91.